The zero-order valence-corrected chi connectivity index (χ0v) is 6.90. The summed E-state index contributed by atoms with van der Waals surface area (Å²) in [6.45, 7) is 0.715. The molecule has 62 valence electrons. The predicted molar refractivity (Wildman–Crippen MR) is 46.3 cm³/mol. The van der Waals surface area contributed by atoms with Crippen LogP contribution in [0.15, 0.2) is 30.6 Å². The van der Waals surface area contributed by atoms with Crippen LogP contribution in [0.4, 0.5) is 0 Å². The lowest BCUT2D eigenvalue weighted by Crippen LogP contribution is -2.22. The fourth-order valence-electron chi connectivity index (χ4n) is 1.30. The molecule has 2 heterocycles. The predicted octanol–water partition coefficient (Wildman–Crippen LogP) is 0.801. The van der Waals surface area contributed by atoms with E-state index < -0.39 is 0 Å². The van der Waals surface area contributed by atoms with Crippen LogP contribution in [-0.4, -0.2) is 29.0 Å². The Morgan fingerprint density at radius 1 is 1.33 bits per heavy atom. The second-order valence-electron chi connectivity index (χ2n) is 2.87. The smallest absolute Gasteiger partial charge is 0.270 e. The summed E-state index contributed by atoms with van der Waals surface area (Å²) in [5.74, 6) is 0.0891. The van der Waals surface area contributed by atoms with Crippen LogP contribution >= 0.6 is 0 Å². The molecule has 1 aliphatic rings. The van der Waals surface area contributed by atoms with Gasteiger partial charge in [-0.05, 0) is 18.2 Å². The van der Waals surface area contributed by atoms with Gasteiger partial charge in [-0.15, -0.1) is 0 Å². The highest BCUT2D eigenvalue weighted by Crippen LogP contribution is 2.14. The van der Waals surface area contributed by atoms with Gasteiger partial charge in [-0.2, -0.15) is 0 Å². The minimum absolute atomic E-state index is 0.0891. The minimum Gasteiger partial charge on any atom is -0.337 e. The van der Waals surface area contributed by atoms with E-state index in [1.807, 2.05) is 35.2 Å². The Kier molecular flexibility index (Phi) is 1.50. The lowest BCUT2D eigenvalue weighted by molar-refractivity contribution is -0.122. The number of hydrogen-bond acceptors (Lipinski definition) is 1. The number of aromatic nitrogens is 1. The summed E-state index contributed by atoms with van der Waals surface area (Å²) in [4.78, 5) is 13.1. The Balaban J connectivity index is 2.33. The Bertz CT molecular complexity index is 324. The zero-order valence-electron chi connectivity index (χ0n) is 6.90. The largest absolute Gasteiger partial charge is 0.337 e. The SMILES string of the molecule is CN1CC=C(n2cccc2)C1=O. The molecular formula is C9H10N2O. The van der Waals surface area contributed by atoms with E-state index in [9.17, 15) is 4.79 Å². The van der Waals surface area contributed by atoms with Crippen molar-refractivity contribution < 1.29 is 4.79 Å². The molecule has 2 rings (SSSR count). The van der Waals surface area contributed by atoms with Crippen molar-refractivity contribution in [2.24, 2.45) is 0 Å². The third kappa shape index (κ3) is 0.942. The van der Waals surface area contributed by atoms with Crippen molar-refractivity contribution in [3.8, 4) is 0 Å². The number of amides is 1. The van der Waals surface area contributed by atoms with Gasteiger partial charge in [-0.3, -0.25) is 4.79 Å². The third-order valence-electron chi connectivity index (χ3n) is 2.01. The molecule has 1 aromatic rings. The monoisotopic (exact) mass is 162 g/mol. The maximum Gasteiger partial charge on any atom is 0.270 e. The second kappa shape index (κ2) is 2.52. The molecule has 0 bridgehead atoms. The summed E-state index contributed by atoms with van der Waals surface area (Å²) < 4.78 is 1.84. The Morgan fingerprint density at radius 3 is 2.50 bits per heavy atom. The van der Waals surface area contributed by atoms with Crippen molar-refractivity contribution in [1.29, 1.82) is 0 Å². The van der Waals surface area contributed by atoms with Gasteiger partial charge in [0.1, 0.15) is 5.70 Å². The summed E-state index contributed by atoms with van der Waals surface area (Å²) in [6, 6.07) is 3.82. The molecule has 0 atom stereocenters. The van der Waals surface area contributed by atoms with Gasteiger partial charge in [-0.25, -0.2) is 0 Å². The minimum atomic E-state index is 0.0891. The molecule has 0 fully saturated rings. The van der Waals surface area contributed by atoms with Gasteiger partial charge >= 0.3 is 0 Å². The van der Waals surface area contributed by atoms with Gasteiger partial charge in [0.25, 0.3) is 5.91 Å². The van der Waals surface area contributed by atoms with E-state index in [0.29, 0.717) is 6.54 Å². The van der Waals surface area contributed by atoms with Crippen molar-refractivity contribution in [2.45, 2.75) is 0 Å². The van der Waals surface area contributed by atoms with Crippen molar-refractivity contribution >= 4 is 11.6 Å². The zero-order chi connectivity index (χ0) is 8.55. The maximum absolute atomic E-state index is 11.4. The maximum atomic E-state index is 11.4. The van der Waals surface area contributed by atoms with Crippen LogP contribution in [0.25, 0.3) is 5.70 Å². The molecule has 1 aliphatic heterocycles. The lowest BCUT2D eigenvalue weighted by atomic mass is 10.4. The molecule has 3 heteroatoms. The number of nitrogens with zero attached hydrogens (tertiary/aromatic N) is 2. The Hall–Kier alpha value is -1.51. The summed E-state index contributed by atoms with van der Waals surface area (Å²) in [7, 11) is 1.80. The van der Waals surface area contributed by atoms with E-state index in [1.165, 1.54) is 0 Å². The Labute approximate surface area is 70.9 Å². The third-order valence-corrected chi connectivity index (χ3v) is 2.01. The van der Waals surface area contributed by atoms with Crippen LogP contribution in [0.3, 0.4) is 0 Å². The van der Waals surface area contributed by atoms with Gasteiger partial charge in [0.2, 0.25) is 0 Å². The van der Waals surface area contributed by atoms with Crippen molar-refractivity contribution in [2.75, 3.05) is 13.6 Å². The van der Waals surface area contributed by atoms with Gasteiger partial charge in [0.05, 0.1) is 0 Å². The lowest BCUT2D eigenvalue weighted by Gasteiger charge is -2.08. The van der Waals surface area contributed by atoms with E-state index in [2.05, 4.69) is 0 Å². The molecule has 0 saturated heterocycles. The first kappa shape index (κ1) is 7.16. The molecule has 0 N–H and O–H groups in total. The first-order chi connectivity index (χ1) is 5.79. The van der Waals surface area contributed by atoms with Crippen LogP contribution < -0.4 is 0 Å². The summed E-state index contributed by atoms with van der Waals surface area (Å²) in [6.07, 6.45) is 5.69. The molecule has 0 saturated carbocycles. The quantitative estimate of drug-likeness (QED) is 0.599. The van der Waals surface area contributed by atoms with E-state index in [-0.39, 0.29) is 5.91 Å². The van der Waals surface area contributed by atoms with Gasteiger partial charge in [0, 0.05) is 26.0 Å². The van der Waals surface area contributed by atoms with E-state index in [1.54, 1.807) is 11.9 Å². The number of hydrogen-bond donors (Lipinski definition) is 0. The van der Waals surface area contributed by atoms with E-state index in [0.717, 1.165) is 5.70 Å². The number of rotatable bonds is 1. The first-order valence-corrected chi connectivity index (χ1v) is 3.88. The fourth-order valence-corrected chi connectivity index (χ4v) is 1.30. The molecule has 1 amide bonds. The molecule has 0 radical (unpaired) electrons. The van der Waals surface area contributed by atoms with Gasteiger partial charge < -0.3 is 9.47 Å². The van der Waals surface area contributed by atoms with E-state index >= 15 is 0 Å². The first-order valence-electron chi connectivity index (χ1n) is 3.88. The highest BCUT2D eigenvalue weighted by molar-refractivity contribution is 6.15. The van der Waals surface area contributed by atoms with Crippen molar-refractivity contribution in [3.63, 3.8) is 0 Å². The van der Waals surface area contributed by atoms with Gasteiger partial charge in [-0.1, -0.05) is 0 Å². The highest BCUT2D eigenvalue weighted by Gasteiger charge is 2.20. The molecule has 3 nitrogen and oxygen atoms in total. The Morgan fingerprint density at radius 2 is 2.00 bits per heavy atom. The standard InChI is InChI=1S/C9H10N2O/c1-10-7-4-8(9(10)12)11-5-2-3-6-11/h2-6H,7H2,1H3. The van der Waals surface area contributed by atoms with Crippen LogP contribution in [0.2, 0.25) is 0 Å². The van der Waals surface area contributed by atoms with Crippen LogP contribution in [0.1, 0.15) is 0 Å². The molecule has 0 unspecified atom stereocenters. The molecule has 0 aromatic carbocycles. The molecule has 12 heavy (non-hydrogen) atoms. The summed E-state index contributed by atoms with van der Waals surface area (Å²) in [5.41, 5.74) is 0.752. The number of likely N-dealkylation sites (N-methyl/N-ethyl adjacent to an activating group) is 1. The molecule has 1 aromatic heterocycles. The topological polar surface area (TPSA) is 25.2 Å². The normalized spacial score (nSPS) is 16.9. The van der Waals surface area contributed by atoms with Crippen LogP contribution in [-0.2, 0) is 4.79 Å². The molecule has 0 spiro atoms. The average Bonchev–Trinajstić information content (AvgIpc) is 2.64. The average molecular weight is 162 g/mol. The fraction of sp³-hybridized carbons (Fsp3) is 0.222. The van der Waals surface area contributed by atoms with Gasteiger partial charge in [0.15, 0.2) is 0 Å². The van der Waals surface area contributed by atoms with E-state index in [4.69, 9.17) is 0 Å². The second-order valence-corrected chi connectivity index (χ2v) is 2.87. The molecule has 0 aliphatic carbocycles. The number of carbonyl (C=O) groups excluding carboxylic acids is 1. The number of carbonyl (C=O) groups is 1. The van der Waals surface area contributed by atoms with Crippen molar-refractivity contribution in [1.82, 2.24) is 9.47 Å². The highest BCUT2D eigenvalue weighted by atomic mass is 16.2. The van der Waals surface area contributed by atoms with Crippen LogP contribution in [0.5, 0.6) is 0 Å². The van der Waals surface area contributed by atoms with Crippen LogP contribution in [0, 0.1) is 0 Å². The summed E-state index contributed by atoms with van der Waals surface area (Å²) in [5, 5.41) is 0. The molecular weight excluding hydrogens is 152 g/mol. The summed E-state index contributed by atoms with van der Waals surface area (Å²) >= 11 is 0. The van der Waals surface area contributed by atoms with Crippen molar-refractivity contribution in [3.05, 3.63) is 30.6 Å².